The fourth-order valence-electron chi connectivity index (χ4n) is 6.73. The largest absolute Gasteiger partial charge is 0.385 e. The van der Waals surface area contributed by atoms with E-state index >= 15 is 0 Å². The second kappa shape index (κ2) is 21.4. The van der Waals surface area contributed by atoms with E-state index in [1.54, 1.807) is 25.7 Å². The van der Waals surface area contributed by atoms with Crippen molar-refractivity contribution in [1.82, 2.24) is 19.9 Å². The molecule has 292 valence electrons. The van der Waals surface area contributed by atoms with Gasteiger partial charge in [-0.2, -0.15) is 0 Å². The maximum atomic E-state index is 6.44. The molecule has 0 spiro atoms. The lowest BCUT2D eigenvalue weighted by atomic mass is 9.92. The van der Waals surface area contributed by atoms with Crippen molar-refractivity contribution >= 4 is 46.5 Å². The molecule has 2 fully saturated rings. The first kappa shape index (κ1) is 41.4. The second-order valence-corrected chi connectivity index (χ2v) is 15.7. The summed E-state index contributed by atoms with van der Waals surface area (Å²) in [5.41, 5.74) is 16.0. The predicted molar refractivity (Wildman–Crippen MR) is 226 cm³/mol. The molecule has 0 radical (unpaired) electrons. The van der Waals surface area contributed by atoms with E-state index < -0.39 is 0 Å². The molecule has 4 aromatic rings. The molecule has 4 heterocycles. The standard InChI is InChI=1S/C21H30ClN5.C20H28ClN5O/c1-14(2)7-9-24-20-11-15(8-10-25-20)18-12-21(26-13-19(18)22)27-17-5-3-16(23)4-6-17;1-27-10-2-8-23-19-11-14(7-9-24-19)17-12-20(25-13-18(17)21)26-16-5-3-15(22)4-6-16/h8,10-14,16-17H,3-7,9,23H2,1-2H3,(H,24,25)(H,26,27);7,9,11-13,15-16H,2-6,8,10,22H2,1H3,(H,23,24)(H,25,26)/t16-,17-;15-,16-. The van der Waals surface area contributed by atoms with Crippen LogP contribution in [0.2, 0.25) is 10.0 Å². The Bertz CT molecular complexity index is 1730. The number of methoxy groups -OCH3 is 1. The number of aromatic nitrogens is 4. The molecule has 0 aliphatic heterocycles. The molecule has 2 aliphatic carbocycles. The number of hydrogen-bond acceptors (Lipinski definition) is 11. The van der Waals surface area contributed by atoms with Crippen LogP contribution in [0.3, 0.4) is 0 Å². The van der Waals surface area contributed by atoms with E-state index in [4.69, 9.17) is 39.4 Å². The molecule has 8 N–H and O–H groups in total. The van der Waals surface area contributed by atoms with Gasteiger partial charge in [-0.05, 0) is 118 Å². The average Bonchev–Trinajstić information content (AvgIpc) is 3.17. The van der Waals surface area contributed by atoms with Crippen LogP contribution in [-0.4, -0.2) is 70.9 Å². The summed E-state index contributed by atoms with van der Waals surface area (Å²) in [6.07, 6.45) is 17.6. The Morgan fingerprint density at radius 2 is 1.13 bits per heavy atom. The molecule has 0 amide bonds. The van der Waals surface area contributed by atoms with E-state index in [0.29, 0.717) is 40.1 Å². The van der Waals surface area contributed by atoms with E-state index in [1.807, 2.05) is 42.6 Å². The van der Waals surface area contributed by atoms with Gasteiger partial charge in [0.05, 0.1) is 10.0 Å². The Balaban J connectivity index is 0.000000208. The van der Waals surface area contributed by atoms with Crippen LogP contribution >= 0.6 is 23.2 Å². The molecular weight excluding hydrogens is 719 g/mol. The topological polar surface area (TPSA) is 161 Å². The zero-order chi connectivity index (χ0) is 38.3. The molecule has 54 heavy (non-hydrogen) atoms. The van der Waals surface area contributed by atoms with Gasteiger partial charge in [0.15, 0.2) is 0 Å². The molecule has 2 aliphatic rings. The van der Waals surface area contributed by atoms with Crippen LogP contribution in [0, 0.1) is 5.92 Å². The summed E-state index contributed by atoms with van der Waals surface area (Å²) in [4.78, 5) is 17.7. The summed E-state index contributed by atoms with van der Waals surface area (Å²) in [5.74, 6) is 4.07. The van der Waals surface area contributed by atoms with Crippen molar-refractivity contribution in [3.63, 3.8) is 0 Å². The van der Waals surface area contributed by atoms with Gasteiger partial charge in [-0.1, -0.05) is 37.0 Å². The number of ether oxygens (including phenoxy) is 1. The van der Waals surface area contributed by atoms with Crippen molar-refractivity contribution in [2.75, 3.05) is 48.1 Å². The van der Waals surface area contributed by atoms with Gasteiger partial charge < -0.3 is 37.5 Å². The third-order valence-electron chi connectivity index (χ3n) is 9.96. The number of rotatable bonds is 15. The first-order valence-corrected chi connectivity index (χ1v) is 20.2. The highest BCUT2D eigenvalue weighted by Crippen LogP contribution is 2.33. The predicted octanol–water partition coefficient (Wildman–Crippen LogP) is 8.86. The number of hydrogen-bond donors (Lipinski definition) is 6. The molecule has 0 saturated heterocycles. The van der Waals surface area contributed by atoms with Gasteiger partial charge in [0, 0.05) is 86.9 Å². The minimum atomic E-state index is 0.336. The number of pyridine rings is 4. The molecule has 0 aromatic carbocycles. The maximum Gasteiger partial charge on any atom is 0.126 e. The molecule has 2 saturated carbocycles. The van der Waals surface area contributed by atoms with Gasteiger partial charge in [-0.15, -0.1) is 0 Å². The van der Waals surface area contributed by atoms with Gasteiger partial charge in [-0.3, -0.25) is 0 Å². The Morgan fingerprint density at radius 1 is 0.667 bits per heavy atom. The fourth-order valence-corrected chi connectivity index (χ4v) is 7.16. The Labute approximate surface area is 331 Å². The van der Waals surface area contributed by atoms with Gasteiger partial charge in [0.2, 0.25) is 0 Å². The molecule has 6 rings (SSSR count). The molecule has 4 aromatic heterocycles. The highest BCUT2D eigenvalue weighted by molar-refractivity contribution is 6.33. The van der Waals surface area contributed by atoms with Crippen LogP contribution < -0.4 is 32.7 Å². The lowest BCUT2D eigenvalue weighted by Crippen LogP contribution is -2.33. The summed E-state index contributed by atoms with van der Waals surface area (Å²) in [6.45, 7) is 6.89. The summed E-state index contributed by atoms with van der Waals surface area (Å²) >= 11 is 12.9. The molecule has 0 unspecified atom stereocenters. The van der Waals surface area contributed by atoms with Crippen molar-refractivity contribution in [3.8, 4) is 22.3 Å². The average molecular weight is 778 g/mol. The van der Waals surface area contributed by atoms with Crippen LogP contribution in [0.5, 0.6) is 0 Å². The third kappa shape index (κ3) is 13.2. The van der Waals surface area contributed by atoms with Gasteiger partial charge in [0.25, 0.3) is 0 Å². The first-order chi connectivity index (χ1) is 26.2. The number of nitrogens with zero attached hydrogens (tertiary/aromatic N) is 4. The molecule has 0 atom stereocenters. The lowest BCUT2D eigenvalue weighted by molar-refractivity contribution is 0.198. The highest BCUT2D eigenvalue weighted by Gasteiger charge is 2.20. The van der Waals surface area contributed by atoms with Crippen LogP contribution in [-0.2, 0) is 4.74 Å². The summed E-state index contributed by atoms with van der Waals surface area (Å²) in [7, 11) is 1.71. The van der Waals surface area contributed by atoms with Crippen molar-refractivity contribution < 1.29 is 4.74 Å². The number of nitrogens with one attached hydrogen (secondary N) is 4. The maximum absolute atomic E-state index is 6.44. The van der Waals surface area contributed by atoms with Crippen LogP contribution in [0.4, 0.5) is 23.3 Å². The van der Waals surface area contributed by atoms with Gasteiger partial charge >= 0.3 is 0 Å². The number of nitrogens with two attached hydrogens (primary N) is 2. The number of halogens is 2. The normalized spacial score (nSPS) is 19.8. The summed E-state index contributed by atoms with van der Waals surface area (Å²) in [6, 6.07) is 13.6. The van der Waals surface area contributed by atoms with Gasteiger partial charge in [-0.25, -0.2) is 19.9 Å². The Hall–Kier alpha value is -3.74. The van der Waals surface area contributed by atoms with Gasteiger partial charge in [0.1, 0.15) is 23.3 Å². The second-order valence-electron chi connectivity index (χ2n) is 14.9. The number of anilines is 4. The minimum Gasteiger partial charge on any atom is -0.385 e. The van der Waals surface area contributed by atoms with Crippen LogP contribution in [0.15, 0.2) is 61.2 Å². The third-order valence-corrected chi connectivity index (χ3v) is 10.6. The van der Waals surface area contributed by atoms with Crippen LogP contribution in [0.1, 0.15) is 78.1 Å². The first-order valence-electron chi connectivity index (χ1n) is 19.4. The van der Waals surface area contributed by atoms with Crippen molar-refractivity contribution in [3.05, 3.63) is 71.2 Å². The summed E-state index contributed by atoms with van der Waals surface area (Å²) in [5, 5.41) is 15.1. The quantitative estimate of drug-likeness (QED) is 0.0640. The fraction of sp³-hybridized carbons (Fsp3) is 0.512. The SMILES string of the molecule is CC(C)CCNc1cc(-c2cc(N[C@H]3CC[C@H](N)CC3)ncc2Cl)ccn1.COCCCNc1cc(-c2cc(N[C@H]3CC[C@H](N)CC3)ncc2Cl)ccn1. The minimum absolute atomic E-state index is 0.336. The van der Waals surface area contributed by atoms with Crippen molar-refractivity contribution in [1.29, 1.82) is 0 Å². The van der Waals surface area contributed by atoms with E-state index in [2.05, 4.69) is 55.1 Å². The Morgan fingerprint density at radius 3 is 1.57 bits per heavy atom. The smallest absolute Gasteiger partial charge is 0.126 e. The molecule has 13 heteroatoms. The van der Waals surface area contributed by atoms with E-state index in [-0.39, 0.29) is 0 Å². The zero-order valence-corrected chi connectivity index (χ0v) is 33.5. The van der Waals surface area contributed by atoms with Crippen molar-refractivity contribution in [2.45, 2.75) is 102 Å². The molecule has 0 bridgehead atoms. The highest BCUT2D eigenvalue weighted by atomic mass is 35.5. The van der Waals surface area contributed by atoms with Crippen molar-refractivity contribution in [2.24, 2.45) is 17.4 Å². The Kier molecular flexibility index (Phi) is 16.4. The molecular formula is C41H58Cl2N10O. The monoisotopic (exact) mass is 776 g/mol. The summed E-state index contributed by atoms with van der Waals surface area (Å²) < 4.78 is 5.07. The van der Waals surface area contributed by atoms with Crippen LogP contribution in [0.25, 0.3) is 22.3 Å². The lowest BCUT2D eigenvalue weighted by Gasteiger charge is -2.27. The van der Waals surface area contributed by atoms with E-state index in [0.717, 1.165) is 129 Å². The van der Waals surface area contributed by atoms with E-state index in [9.17, 15) is 0 Å². The molecule has 11 nitrogen and oxygen atoms in total. The van der Waals surface area contributed by atoms with E-state index in [1.165, 1.54) is 0 Å². The zero-order valence-electron chi connectivity index (χ0n) is 32.0.